The summed E-state index contributed by atoms with van der Waals surface area (Å²) < 4.78 is 21.6. The third-order valence-electron chi connectivity index (χ3n) is 6.59. The largest absolute Gasteiger partial charge is 0.491 e. The standard InChI is InChI=1S/C27H30FN5O3/c1-29-23-10-7-19(17-22(23)28)25-24(18-5-8-21(9-6-18)36-16-15-34)26(35)32(4)27(30-25)33-13-11-20(12-14-33)31(2)3/h5-10,17,20,34H,11-16H2,2-4H3. The van der Waals surface area contributed by atoms with E-state index in [4.69, 9.17) is 21.4 Å². The first-order valence-corrected chi connectivity index (χ1v) is 11.9. The summed E-state index contributed by atoms with van der Waals surface area (Å²) in [4.78, 5) is 26.2. The second kappa shape index (κ2) is 10.9. The predicted octanol–water partition coefficient (Wildman–Crippen LogP) is 3.71. The molecule has 0 amide bonds. The van der Waals surface area contributed by atoms with E-state index < -0.39 is 5.82 Å². The molecule has 2 aromatic carbocycles. The fourth-order valence-electron chi connectivity index (χ4n) is 4.55. The molecule has 1 N–H and O–H groups in total. The van der Waals surface area contributed by atoms with Crippen molar-refractivity contribution >= 4 is 11.6 Å². The highest BCUT2D eigenvalue weighted by molar-refractivity contribution is 5.82. The summed E-state index contributed by atoms with van der Waals surface area (Å²) in [5, 5.41) is 8.99. The molecule has 1 saturated heterocycles. The summed E-state index contributed by atoms with van der Waals surface area (Å²) in [6, 6.07) is 11.7. The number of anilines is 1. The van der Waals surface area contributed by atoms with E-state index in [1.165, 1.54) is 12.1 Å². The maximum atomic E-state index is 14.6. The van der Waals surface area contributed by atoms with Crippen molar-refractivity contribution in [1.29, 1.82) is 0 Å². The maximum Gasteiger partial charge on any atom is 0.263 e. The van der Waals surface area contributed by atoms with Crippen molar-refractivity contribution in [2.75, 3.05) is 45.3 Å². The number of hydrogen-bond acceptors (Lipinski definition) is 6. The highest BCUT2D eigenvalue weighted by Gasteiger charge is 2.26. The summed E-state index contributed by atoms with van der Waals surface area (Å²) in [6.07, 6.45) is 1.90. The number of benzene rings is 2. The van der Waals surface area contributed by atoms with Crippen molar-refractivity contribution < 1.29 is 14.2 Å². The normalized spacial score (nSPS) is 14.2. The molecule has 0 aliphatic carbocycles. The molecule has 0 saturated carbocycles. The van der Waals surface area contributed by atoms with E-state index in [0.717, 1.165) is 25.9 Å². The molecule has 1 aliphatic heterocycles. The van der Waals surface area contributed by atoms with Crippen LogP contribution in [-0.4, -0.2) is 66.0 Å². The first-order chi connectivity index (χ1) is 17.3. The Labute approximate surface area is 210 Å². The SMILES string of the molecule is [C-]#[N+]c1ccc(-c2nc(N3CCC(N(C)C)CC3)n(C)c(=O)c2-c2ccc(OCCO)cc2)cc1F. The van der Waals surface area contributed by atoms with Crippen LogP contribution in [0.3, 0.4) is 0 Å². The van der Waals surface area contributed by atoms with Crippen molar-refractivity contribution in [3.63, 3.8) is 0 Å². The molecule has 2 heterocycles. The van der Waals surface area contributed by atoms with E-state index in [0.29, 0.717) is 40.1 Å². The molecule has 9 heteroatoms. The van der Waals surface area contributed by atoms with Crippen LogP contribution in [0.25, 0.3) is 27.2 Å². The van der Waals surface area contributed by atoms with Crippen molar-refractivity contribution in [3.8, 4) is 28.1 Å². The molecule has 4 rings (SSSR count). The summed E-state index contributed by atoms with van der Waals surface area (Å²) in [6.45, 7) is 8.73. The van der Waals surface area contributed by atoms with Gasteiger partial charge in [-0.25, -0.2) is 14.2 Å². The van der Waals surface area contributed by atoms with Crippen LogP contribution in [0.5, 0.6) is 5.75 Å². The number of hydrogen-bond donors (Lipinski definition) is 1. The fraction of sp³-hybridized carbons (Fsp3) is 0.370. The summed E-state index contributed by atoms with van der Waals surface area (Å²) in [7, 11) is 5.85. The number of piperidine rings is 1. The van der Waals surface area contributed by atoms with Crippen molar-refractivity contribution in [2.24, 2.45) is 7.05 Å². The lowest BCUT2D eigenvalue weighted by Gasteiger charge is -2.36. The minimum Gasteiger partial charge on any atom is -0.491 e. The Morgan fingerprint density at radius 1 is 1.17 bits per heavy atom. The molecule has 3 aromatic rings. The lowest BCUT2D eigenvalue weighted by Crippen LogP contribution is -2.44. The first-order valence-electron chi connectivity index (χ1n) is 11.9. The second-order valence-corrected chi connectivity index (χ2v) is 9.06. The minimum atomic E-state index is -0.656. The van der Waals surface area contributed by atoms with Crippen LogP contribution in [0.2, 0.25) is 0 Å². The van der Waals surface area contributed by atoms with Crippen LogP contribution in [0.15, 0.2) is 47.3 Å². The van der Waals surface area contributed by atoms with Gasteiger partial charge in [0.2, 0.25) is 11.6 Å². The first kappa shape index (κ1) is 25.4. The van der Waals surface area contributed by atoms with Crippen LogP contribution in [0, 0.1) is 12.4 Å². The Morgan fingerprint density at radius 2 is 1.83 bits per heavy atom. The molecule has 0 unspecified atom stereocenters. The van der Waals surface area contributed by atoms with Gasteiger partial charge < -0.3 is 19.6 Å². The number of aliphatic hydroxyl groups is 1. The molecule has 1 aliphatic rings. The van der Waals surface area contributed by atoms with Crippen molar-refractivity contribution in [2.45, 2.75) is 18.9 Å². The molecule has 1 fully saturated rings. The van der Waals surface area contributed by atoms with Gasteiger partial charge in [0.1, 0.15) is 18.2 Å². The Balaban J connectivity index is 1.83. The van der Waals surface area contributed by atoms with Crippen LogP contribution < -0.4 is 15.2 Å². The van der Waals surface area contributed by atoms with E-state index in [-0.39, 0.29) is 24.5 Å². The third-order valence-corrected chi connectivity index (χ3v) is 6.59. The molecule has 0 spiro atoms. The minimum absolute atomic E-state index is 0.0829. The summed E-state index contributed by atoms with van der Waals surface area (Å²) >= 11 is 0. The van der Waals surface area contributed by atoms with E-state index >= 15 is 0 Å². The summed E-state index contributed by atoms with van der Waals surface area (Å²) in [5.74, 6) is 0.442. The van der Waals surface area contributed by atoms with Gasteiger partial charge in [-0.3, -0.25) is 9.36 Å². The number of ether oxygens (including phenoxy) is 1. The molecule has 188 valence electrons. The number of aromatic nitrogens is 2. The topological polar surface area (TPSA) is 75.2 Å². The lowest BCUT2D eigenvalue weighted by atomic mass is 9.99. The van der Waals surface area contributed by atoms with Gasteiger partial charge >= 0.3 is 0 Å². The monoisotopic (exact) mass is 491 g/mol. The Bertz CT molecular complexity index is 1320. The highest BCUT2D eigenvalue weighted by Crippen LogP contribution is 2.33. The van der Waals surface area contributed by atoms with Crippen LogP contribution >= 0.6 is 0 Å². The van der Waals surface area contributed by atoms with Gasteiger partial charge in [-0.1, -0.05) is 24.3 Å². The predicted molar refractivity (Wildman–Crippen MR) is 138 cm³/mol. The third kappa shape index (κ3) is 5.10. The Kier molecular flexibility index (Phi) is 7.67. The molecule has 0 atom stereocenters. The van der Waals surface area contributed by atoms with Gasteiger partial charge in [0.25, 0.3) is 5.56 Å². The molecule has 0 radical (unpaired) electrons. The Hall–Kier alpha value is -3.74. The average molecular weight is 492 g/mol. The van der Waals surface area contributed by atoms with E-state index in [1.807, 2.05) is 0 Å². The van der Waals surface area contributed by atoms with Crippen LogP contribution in [0.4, 0.5) is 16.0 Å². The molecular weight excluding hydrogens is 461 g/mol. The molecular formula is C27H30FN5O3. The van der Waals surface area contributed by atoms with Crippen molar-refractivity contribution in [1.82, 2.24) is 14.5 Å². The van der Waals surface area contributed by atoms with Gasteiger partial charge in [0.05, 0.1) is 24.4 Å². The number of nitrogens with zero attached hydrogens (tertiary/aromatic N) is 5. The van der Waals surface area contributed by atoms with Gasteiger partial charge in [-0.2, -0.15) is 0 Å². The zero-order valence-corrected chi connectivity index (χ0v) is 20.7. The van der Waals surface area contributed by atoms with Gasteiger partial charge in [0.15, 0.2) is 0 Å². The second-order valence-electron chi connectivity index (χ2n) is 9.06. The molecule has 1 aromatic heterocycles. The van der Waals surface area contributed by atoms with E-state index in [9.17, 15) is 9.18 Å². The fourth-order valence-corrected chi connectivity index (χ4v) is 4.55. The smallest absolute Gasteiger partial charge is 0.263 e. The number of aliphatic hydroxyl groups excluding tert-OH is 1. The van der Waals surface area contributed by atoms with Crippen molar-refractivity contribution in [3.05, 3.63) is 70.1 Å². The molecule has 36 heavy (non-hydrogen) atoms. The lowest BCUT2D eigenvalue weighted by molar-refractivity contribution is 0.201. The molecule has 8 nitrogen and oxygen atoms in total. The van der Waals surface area contributed by atoms with Gasteiger partial charge in [0, 0.05) is 31.7 Å². The van der Waals surface area contributed by atoms with Crippen LogP contribution in [-0.2, 0) is 7.05 Å². The number of rotatable bonds is 7. The maximum absolute atomic E-state index is 14.6. The molecule has 0 bridgehead atoms. The van der Waals surface area contributed by atoms with Gasteiger partial charge in [-0.05, 0) is 50.7 Å². The van der Waals surface area contributed by atoms with E-state index in [2.05, 4.69) is 28.7 Å². The quantitative estimate of drug-likeness (QED) is 0.508. The average Bonchev–Trinajstić information content (AvgIpc) is 2.89. The van der Waals surface area contributed by atoms with E-state index in [1.54, 1.807) is 41.9 Å². The van der Waals surface area contributed by atoms with Gasteiger partial charge in [-0.15, -0.1) is 0 Å². The number of halogens is 1. The Morgan fingerprint density at radius 3 is 2.42 bits per heavy atom. The zero-order valence-electron chi connectivity index (χ0n) is 20.7. The summed E-state index contributed by atoms with van der Waals surface area (Å²) in [5.41, 5.74) is 1.42. The van der Waals surface area contributed by atoms with Crippen LogP contribution in [0.1, 0.15) is 12.8 Å². The highest BCUT2D eigenvalue weighted by atomic mass is 19.1. The zero-order chi connectivity index (χ0) is 25.8.